The maximum atomic E-state index is 12.6. The van der Waals surface area contributed by atoms with E-state index in [0.717, 1.165) is 12.1 Å². The Hall–Kier alpha value is -3.76. The fourth-order valence-electron chi connectivity index (χ4n) is 2.68. The predicted molar refractivity (Wildman–Crippen MR) is 94.7 cm³/mol. The van der Waals surface area contributed by atoms with Gasteiger partial charge in [-0.05, 0) is 23.8 Å². The molecule has 0 aliphatic heterocycles. The summed E-state index contributed by atoms with van der Waals surface area (Å²) in [5, 5.41) is 10.6. The van der Waals surface area contributed by atoms with Crippen LogP contribution in [0.4, 0.5) is 13.2 Å². The van der Waals surface area contributed by atoms with Crippen LogP contribution in [0.1, 0.15) is 27.3 Å². The molecule has 0 saturated carbocycles. The first-order valence-corrected chi connectivity index (χ1v) is 8.51. The van der Waals surface area contributed by atoms with Crippen LogP contribution in [0.2, 0.25) is 0 Å². The standard InChI is InChI=1S/C18H14F3N7O/c19-18(20,21)13-4-2-12(3-5-13)9-28-10-14(25-26-28)8-23-16(29)15-11-27-7-1-6-22-17(27)24-15/h1-7,10-11H,8-9H2,(H,23,29). The molecule has 1 N–H and O–H groups in total. The fraction of sp³-hybridized carbons (Fsp3) is 0.167. The number of carbonyl (C=O) groups is 1. The number of halogens is 3. The Balaban J connectivity index is 1.36. The van der Waals surface area contributed by atoms with E-state index in [2.05, 4.69) is 25.6 Å². The number of fused-ring (bicyclic) bond motifs is 1. The van der Waals surface area contributed by atoms with Crippen LogP contribution in [0.5, 0.6) is 0 Å². The largest absolute Gasteiger partial charge is 0.416 e. The Kier molecular flexibility index (Phi) is 4.71. The number of aromatic nitrogens is 6. The zero-order valence-electron chi connectivity index (χ0n) is 14.8. The molecule has 4 aromatic rings. The van der Waals surface area contributed by atoms with Crippen molar-refractivity contribution in [3.8, 4) is 0 Å². The molecule has 29 heavy (non-hydrogen) atoms. The lowest BCUT2D eigenvalue weighted by Crippen LogP contribution is -2.23. The molecule has 0 bridgehead atoms. The van der Waals surface area contributed by atoms with Crippen molar-refractivity contribution < 1.29 is 18.0 Å². The molecular weight excluding hydrogens is 387 g/mol. The summed E-state index contributed by atoms with van der Waals surface area (Å²) in [6.07, 6.45) is 2.13. The first-order chi connectivity index (χ1) is 13.9. The average molecular weight is 401 g/mol. The quantitative estimate of drug-likeness (QED) is 0.554. The van der Waals surface area contributed by atoms with Gasteiger partial charge in [-0.3, -0.25) is 9.20 Å². The minimum absolute atomic E-state index is 0.132. The Morgan fingerprint density at radius 1 is 1.14 bits per heavy atom. The fourth-order valence-corrected chi connectivity index (χ4v) is 2.68. The molecule has 148 valence electrons. The van der Waals surface area contributed by atoms with Crippen LogP contribution in [-0.2, 0) is 19.3 Å². The lowest BCUT2D eigenvalue weighted by Gasteiger charge is -2.07. The number of hydrogen-bond donors (Lipinski definition) is 1. The molecule has 4 rings (SSSR count). The van der Waals surface area contributed by atoms with Crippen molar-refractivity contribution in [1.82, 2.24) is 34.7 Å². The second-order valence-electron chi connectivity index (χ2n) is 6.24. The Labute approximate surface area is 162 Å². The molecule has 0 aliphatic carbocycles. The molecular formula is C18H14F3N7O. The van der Waals surface area contributed by atoms with E-state index in [4.69, 9.17) is 0 Å². The van der Waals surface area contributed by atoms with Gasteiger partial charge in [0.1, 0.15) is 11.4 Å². The minimum atomic E-state index is -4.37. The van der Waals surface area contributed by atoms with E-state index in [1.807, 2.05) is 0 Å². The van der Waals surface area contributed by atoms with Gasteiger partial charge < -0.3 is 5.32 Å². The van der Waals surface area contributed by atoms with E-state index in [9.17, 15) is 18.0 Å². The normalized spacial score (nSPS) is 11.7. The van der Waals surface area contributed by atoms with Crippen molar-refractivity contribution in [2.45, 2.75) is 19.3 Å². The van der Waals surface area contributed by atoms with Crippen LogP contribution < -0.4 is 5.32 Å². The molecule has 0 fully saturated rings. The van der Waals surface area contributed by atoms with Crippen molar-refractivity contribution in [2.24, 2.45) is 0 Å². The van der Waals surface area contributed by atoms with E-state index in [1.54, 1.807) is 35.3 Å². The molecule has 8 nitrogen and oxygen atoms in total. The third-order valence-electron chi connectivity index (χ3n) is 4.11. The van der Waals surface area contributed by atoms with Crippen molar-refractivity contribution >= 4 is 11.7 Å². The minimum Gasteiger partial charge on any atom is -0.345 e. The van der Waals surface area contributed by atoms with E-state index in [-0.39, 0.29) is 24.7 Å². The Bertz CT molecular complexity index is 1120. The van der Waals surface area contributed by atoms with Gasteiger partial charge in [-0.15, -0.1) is 5.10 Å². The SMILES string of the molecule is O=C(NCc1cn(Cc2ccc(C(F)(F)F)cc2)nn1)c1cn2cccnc2n1. The lowest BCUT2D eigenvalue weighted by atomic mass is 10.1. The second-order valence-corrected chi connectivity index (χ2v) is 6.24. The van der Waals surface area contributed by atoms with Gasteiger partial charge in [-0.2, -0.15) is 13.2 Å². The Morgan fingerprint density at radius 2 is 1.93 bits per heavy atom. The van der Waals surface area contributed by atoms with Crippen molar-refractivity contribution in [2.75, 3.05) is 0 Å². The number of amides is 1. The summed E-state index contributed by atoms with van der Waals surface area (Å²) in [5.41, 5.74) is 0.675. The molecule has 0 saturated heterocycles. The molecule has 0 spiro atoms. The van der Waals surface area contributed by atoms with Crippen LogP contribution in [0.3, 0.4) is 0 Å². The van der Waals surface area contributed by atoms with Crippen LogP contribution >= 0.6 is 0 Å². The number of carbonyl (C=O) groups excluding carboxylic acids is 1. The highest BCUT2D eigenvalue weighted by molar-refractivity contribution is 5.92. The molecule has 0 atom stereocenters. The summed E-state index contributed by atoms with van der Waals surface area (Å²) in [6, 6.07) is 6.56. The van der Waals surface area contributed by atoms with Crippen LogP contribution in [-0.4, -0.2) is 35.3 Å². The zero-order chi connectivity index (χ0) is 20.4. The predicted octanol–water partition coefficient (Wildman–Crippen LogP) is 2.32. The maximum Gasteiger partial charge on any atom is 0.416 e. The molecule has 1 aromatic carbocycles. The van der Waals surface area contributed by atoms with Crippen LogP contribution in [0.25, 0.3) is 5.78 Å². The van der Waals surface area contributed by atoms with Gasteiger partial charge in [-0.25, -0.2) is 14.6 Å². The topological polar surface area (TPSA) is 90.0 Å². The van der Waals surface area contributed by atoms with Gasteiger partial charge in [0.15, 0.2) is 0 Å². The van der Waals surface area contributed by atoms with Gasteiger partial charge in [0, 0.05) is 18.6 Å². The molecule has 3 heterocycles. The summed E-state index contributed by atoms with van der Waals surface area (Å²) in [6.45, 7) is 0.393. The summed E-state index contributed by atoms with van der Waals surface area (Å²) >= 11 is 0. The monoisotopic (exact) mass is 401 g/mol. The van der Waals surface area contributed by atoms with E-state index in [1.165, 1.54) is 16.8 Å². The van der Waals surface area contributed by atoms with Crippen LogP contribution in [0.15, 0.2) is 55.1 Å². The second kappa shape index (κ2) is 7.34. The number of alkyl halides is 3. The first kappa shape index (κ1) is 18.6. The third kappa shape index (κ3) is 4.23. The average Bonchev–Trinajstić information content (AvgIpc) is 3.32. The van der Waals surface area contributed by atoms with Crippen molar-refractivity contribution in [3.05, 3.63) is 77.6 Å². The molecule has 0 unspecified atom stereocenters. The van der Waals surface area contributed by atoms with Crippen molar-refractivity contribution in [3.63, 3.8) is 0 Å². The maximum absolute atomic E-state index is 12.6. The lowest BCUT2D eigenvalue weighted by molar-refractivity contribution is -0.137. The van der Waals surface area contributed by atoms with Gasteiger partial charge in [0.25, 0.3) is 5.91 Å². The summed E-state index contributed by atoms with van der Waals surface area (Å²) < 4.78 is 41.0. The van der Waals surface area contributed by atoms with E-state index >= 15 is 0 Å². The molecule has 0 aliphatic rings. The number of nitrogens with one attached hydrogen (secondary N) is 1. The highest BCUT2D eigenvalue weighted by Gasteiger charge is 2.29. The molecule has 3 aromatic heterocycles. The summed E-state index contributed by atoms with van der Waals surface area (Å²) in [7, 11) is 0. The zero-order valence-corrected chi connectivity index (χ0v) is 14.8. The number of benzene rings is 1. The van der Waals surface area contributed by atoms with Gasteiger partial charge in [0.2, 0.25) is 5.78 Å². The molecule has 0 radical (unpaired) electrons. The summed E-state index contributed by atoms with van der Waals surface area (Å²) in [5.74, 6) is 0.0351. The highest BCUT2D eigenvalue weighted by Crippen LogP contribution is 2.29. The number of rotatable bonds is 5. The first-order valence-electron chi connectivity index (χ1n) is 8.51. The number of imidazole rings is 1. The Morgan fingerprint density at radius 3 is 2.66 bits per heavy atom. The molecule has 11 heteroatoms. The third-order valence-corrected chi connectivity index (χ3v) is 4.11. The highest BCUT2D eigenvalue weighted by atomic mass is 19.4. The summed E-state index contributed by atoms with van der Waals surface area (Å²) in [4.78, 5) is 20.4. The van der Waals surface area contributed by atoms with E-state index < -0.39 is 11.7 Å². The van der Waals surface area contributed by atoms with E-state index in [0.29, 0.717) is 17.0 Å². The van der Waals surface area contributed by atoms with Crippen molar-refractivity contribution in [1.29, 1.82) is 0 Å². The smallest absolute Gasteiger partial charge is 0.345 e. The van der Waals surface area contributed by atoms with Gasteiger partial charge in [0.05, 0.1) is 24.8 Å². The number of hydrogen-bond acceptors (Lipinski definition) is 5. The molecule has 1 amide bonds. The van der Waals surface area contributed by atoms with Crippen LogP contribution in [0, 0.1) is 0 Å². The van der Waals surface area contributed by atoms with Gasteiger partial charge >= 0.3 is 6.18 Å². The van der Waals surface area contributed by atoms with Gasteiger partial charge in [-0.1, -0.05) is 17.3 Å². The number of nitrogens with zero attached hydrogens (tertiary/aromatic N) is 6.